The molecule has 0 aliphatic rings. The number of hydrazone groups is 1. The SMILES string of the molecule is C=CCOc1c(Br)cc(/C=N\NC(=O)[C@@H](Cc2ccccc2)NC(=O)[C@@H](C)Oc2ccc(Cl)cc2Cl)cc1OCC. The predicted octanol–water partition coefficient (Wildman–Crippen LogP) is 6.36. The second-order valence-electron chi connectivity index (χ2n) is 8.68. The van der Waals surface area contributed by atoms with E-state index in [0.29, 0.717) is 45.5 Å². The molecule has 11 heteroatoms. The van der Waals surface area contributed by atoms with Crippen molar-refractivity contribution < 1.29 is 23.8 Å². The molecule has 0 bridgehead atoms. The molecule has 3 rings (SSSR count). The molecule has 0 spiro atoms. The lowest BCUT2D eigenvalue weighted by molar-refractivity contribution is -0.132. The molecule has 0 saturated heterocycles. The van der Waals surface area contributed by atoms with Crippen molar-refractivity contribution in [3.05, 3.63) is 99.0 Å². The second kappa shape index (κ2) is 16.0. The molecule has 0 radical (unpaired) electrons. The zero-order valence-corrected chi connectivity index (χ0v) is 25.6. The number of hydrogen-bond donors (Lipinski definition) is 2. The van der Waals surface area contributed by atoms with Gasteiger partial charge < -0.3 is 19.5 Å². The number of rotatable bonds is 14. The molecule has 8 nitrogen and oxygen atoms in total. The molecule has 0 unspecified atom stereocenters. The number of amides is 2. The zero-order valence-electron chi connectivity index (χ0n) is 22.5. The van der Waals surface area contributed by atoms with Gasteiger partial charge in [-0.3, -0.25) is 9.59 Å². The quantitative estimate of drug-likeness (QED) is 0.119. The number of hydrogen-bond acceptors (Lipinski definition) is 6. The number of benzene rings is 3. The first kappa shape index (κ1) is 32.0. The summed E-state index contributed by atoms with van der Waals surface area (Å²) in [5.74, 6) is 0.336. The van der Waals surface area contributed by atoms with Gasteiger partial charge in [-0.25, -0.2) is 5.43 Å². The molecule has 0 fully saturated rings. The van der Waals surface area contributed by atoms with Gasteiger partial charge in [0.1, 0.15) is 18.4 Å². The van der Waals surface area contributed by atoms with Crippen LogP contribution in [0, 0.1) is 0 Å². The topological polar surface area (TPSA) is 98.2 Å². The van der Waals surface area contributed by atoms with E-state index in [0.717, 1.165) is 5.56 Å². The Kier molecular flexibility index (Phi) is 12.5. The standard InChI is InChI=1S/C30H30BrCl2N3O5/c1-4-13-40-28-23(31)14-21(16-27(28)39-5-2)18-34-36-30(38)25(15-20-9-7-6-8-10-20)35-29(37)19(3)41-26-12-11-22(32)17-24(26)33/h4,6-12,14,16-19,25H,1,5,13,15H2,2-3H3,(H,35,37)(H,36,38)/b34-18-/t19-,25-/m1/s1. The summed E-state index contributed by atoms with van der Waals surface area (Å²) in [6.45, 7) is 7.83. The Morgan fingerprint density at radius 3 is 2.49 bits per heavy atom. The summed E-state index contributed by atoms with van der Waals surface area (Å²) in [6.07, 6.45) is 2.40. The average molecular weight is 663 g/mol. The van der Waals surface area contributed by atoms with Gasteiger partial charge in [0, 0.05) is 11.4 Å². The molecular formula is C30H30BrCl2N3O5. The molecule has 2 N–H and O–H groups in total. The summed E-state index contributed by atoms with van der Waals surface area (Å²) < 4.78 is 17.8. The molecule has 0 aliphatic carbocycles. The smallest absolute Gasteiger partial charge is 0.262 e. The van der Waals surface area contributed by atoms with Crippen LogP contribution < -0.4 is 25.0 Å². The number of halogens is 3. The Balaban J connectivity index is 1.73. The minimum atomic E-state index is -0.945. The van der Waals surface area contributed by atoms with Crippen molar-refractivity contribution in [2.24, 2.45) is 5.10 Å². The van der Waals surface area contributed by atoms with E-state index in [2.05, 4.69) is 38.4 Å². The summed E-state index contributed by atoms with van der Waals surface area (Å²) >= 11 is 15.6. The van der Waals surface area contributed by atoms with Crippen LogP contribution in [0.4, 0.5) is 0 Å². The maximum absolute atomic E-state index is 13.2. The molecule has 0 saturated carbocycles. The number of nitrogens with one attached hydrogen (secondary N) is 2. The summed E-state index contributed by atoms with van der Waals surface area (Å²) in [6, 6.07) is 16.6. The Hall–Kier alpha value is -3.53. The average Bonchev–Trinajstić information content (AvgIpc) is 2.94. The molecule has 2 amide bonds. The number of carbonyl (C=O) groups excluding carboxylic acids is 2. The van der Waals surface area contributed by atoms with Crippen LogP contribution in [-0.2, 0) is 16.0 Å². The lowest BCUT2D eigenvalue weighted by atomic mass is 10.1. The minimum Gasteiger partial charge on any atom is -0.490 e. The first-order chi connectivity index (χ1) is 19.7. The van der Waals surface area contributed by atoms with Crippen LogP contribution >= 0.6 is 39.1 Å². The van der Waals surface area contributed by atoms with E-state index in [1.165, 1.54) is 12.3 Å². The van der Waals surface area contributed by atoms with Crippen molar-refractivity contribution >= 4 is 57.2 Å². The van der Waals surface area contributed by atoms with Crippen LogP contribution in [0.1, 0.15) is 25.0 Å². The third kappa shape index (κ3) is 9.81. The van der Waals surface area contributed by atoms with E-state index in [-0.39, 0.29) is 11.4 Å². The fraction of sp³-hybridized carbons (Fsp3) is 0.233. The van der Waals surface area contributed by atoms with Crippen LogP contribution in [0.15, 0.2) is 82.9 Å². The summed E-state index contributed by atoms with van der Waals surface area (Å²) in [5.41, 5.74) is 4.02. The summed E-state index contributed by atoms with van der Waals surface area (Å²) in [5, 5.41) is 7.57. The largest absolute Gasteiger partial charge is 0.490 e. The highest BCUT2D eigenvalue weighted by Gasteiger charge is 2.25. The van der Waals surface area contributed by atoms with Crippen LogP contribution in [0.25, 0.3) is 0 Å². The number of carbonyl (C=O) groups is 2. The Labute approximate surface area is 257 Å². The monoisotopic (exact) mass is 661 g/mol. The van der Waals surface area contributed by atoms with Crippen molar-refractivity contribution in [3.63, 3.8) is 0 Å². The Bertz CT molecular complexity index is 1390. The van der Waals surface area contributed by atoms with Crippen molar-refractivity contribution in [1.29, 1.82) is 0 Å². The normalized spacial score (nSPS) is 12.3. The molecule has 3 aromatic carbocycles. The van der Waals surface area contributed by atoms with Crippen molar-refractivity contribution in [2.75, 3.05) is 13.2 Å². The highest BCUT2D eigenvalue weighted by Crippen LogP contribution is 2.36. The highest BCUT2D eigenvalue weighted by molar-refractivity contribution is 9.10. The van der Waals surface area contributed by atoms with Crippen molar-refractivity contribution in [3.8, 4) is 17.2 Å². The third-order valence-corrected chi connectivity index (χ3v) is 6.67. The first-order valence-electron chi connectivity index (χ1n) is 12.7. The zero-order chi connectivity index (χ0) is 29.8. The van der Waals surface area contributed by atoms with Crippen LogP contribution in [0.3, 0.4) is 0 Å². The second-order valence-corrected chi connectivity index (χ2v) is 10.4. The molecule has 3 aromatic rings. The van der Waals surface area contributed by atoms with Crippen LogP contribution in [-0.4, -0.2) is 43.4 Å². The molecule has 41 heavy (non-hydrogen) atoms. The lowest BCUT2D eigenvalue weighted by Crippen LogP contribution is -2.50. The van der Waals surface area contributed by atoms with Gasteiger partial charge in [0.2, 0.25) is 0 Å². The lowest BCUT2D eigenvalue weighted by Gasteiger charge is -2.21. The van der Waals surface area contributed by atoms with Crippen LogP contribution in [0.5, 0.6) is 17.2 Å². The van der Waals surface area contributed by atoms with E-state index < -0.39 is 24.0 Å². The van der Waals surface area contributed by atoms with Gasteiger partial charge >= 0.3 is 0 Å². The first-order valence-corrected chi connectivity index (χ1v) is 14.3. The molecular weight excluding hydrogens is 633 g/mol. The van der Waals surface area contributed by atoms with E-state index in [9.17, 15) is 9.59 Å². The fourth-order valence-corrected chi connectivity index (χ4v) is 4.65. The highest BCUT2D eigenvalue weighted by atomic mass is 79.9. The molecule has 2 atom stereocenters. The van der Waals surface area contributed by atoms with E-state index in [1.807, 2.05) is 37.3 Å². The maximum Gasteiger partial charge on any atom is 0.262 e. The van der Waals surface area contributed by atoms with Gasteiger partial charge in [0.05, 0.1) is 22.3 Å². The molecule has 0 aliphatic heterocycles. The van der Waals surface area contributed by atoms with E-state index >= 15 is 0 Å². The number of ether oxygens (including phenoxy) is 3. The number of nitrogens with zero attached hydrogens (tertiary/aromatic N) is 1. The molecule has 0 aromatic heterocycles. The van der Waals surface area contributed by atoms with Crippen molar-refractivity contribution in [2.45, 2.75) is 32.4 Å². The summed E-state index contributed by atoms with van der Waals surface area (Å²) in [7, 11) is 0. The Morgan fingerprint density at radius 1 is 1.05 bits per heavy atom. The molecule has 0 heterocycles. The van der Waals surface area contributed by atoms with Gasteiger partial charge in [0.15, 0.2) is 17.6 Å². The van der Waals surface area contributed by atoms with Gasteiger partial charge in [-0.2, -0.15) is 5.10 Å². The van der Waals surface area contributed by atoms with Gasteiger partial charge in [-0.1, -0.05) is 66.2 Å². The predicted molar refractivity (Wildman–Crippen MR) is 165 cm³/mol. The van der Waals surface area contributed by atoms with E-state index in [4.69, 9.17) is 37.4 Å². The minimum absolute atomic E-state index is 0.234. The molecule has 216 valence electrons. The fourth-order valence-electron chi connectivity index (χ4n) is 3.62. The van der Waals surface area contributed by atoms with Gasteiger partial charge in [-0.15, -0.1) is 0 Å². The van der Waals surface area contributed by atoms with Gasteiger partial charge in [0.25, 0.3) is 11.8 Å². The van der Waals surface area contributed by atoms with Gasteiger partial charge in [-0.05, 0) is 71.2 Å². The van der Waals surface area contributed by atoms with Crippen LogP contribution in [0.2, 0.25) is 10.0 Å². The van der Waals surface area contributed by atoms with E-state index in [1.54, 1.807) is 37.3 Å². The third-order valence-electron chi connectivity index (χ3n) is 5.55. The Morgan fingerprint density at radius 2 is 1.80 bits per heavy atom. The maximum atomic E-state index is 13.2. The van der Waals surface area contributed by atoms with Crippen molar-refractivity contribution in [1.82, 2.24) is 10.7 Å². The summed E-state index contributed by atoms with van der Waals surface area (Å²) in [4.78, 5) is 26.2.